The van der Waals surface area contributed by atoms with E-state index in [0.717, 1.165) is 25.2 Å². The minimum atomic E-state index is 0.352. The fourth-order valence-electron chi connectivity index (χ4n) is 1.89. The molecule has 2 rings (SSSR count). The highest BCUT2D eigenvalue weighted by atomic mass is 16.5. The smallest absolute Gasteiger partial charge is 0.137 e. The van der Waals surface area contributed by atoms with E-state index in [2.05, 4.69) is 13.0 Å². The maximum atomic E-state index is 11.3. The Kier molecular flexibility index (Phi) is 3.05. The van der Waals surface area contributed by atoms with Gasteiger partial charge in [0.25, 0.3) is 0 Å². The van der Waals surface area contributed by atoms with Crippen LogP contribution in [0.15, 0.2) is 18.2 Å². The number of hydrogen-bond donors (Lipinski definition) is 0. The second-order valence-electron chi connectivity index (χ2n) is 3.99. The Morgan fingerprint density at radius 1 is 1.27 bits per heavy atom. The Bertz CT molecular complexity index is 369. The highest BCUT2D eigenvalue weighted by Gasteiger charge is 2.15. The van der Waals surface area contributed by atoms with Crippen LogP contribution in [0.25, 0.3) is 0 Å². The van der Waals surface area contributed by atoms with Crippen molar-refractivity contribution in [3.05, 3.63) is 29.3 Å². The summed E-state index contributed by atoms with van der Waals surface area (Å²) in [5.41, 5.74) is 2.46. The van der Waals surface area contributed by atoms with Gasteiger partial charge in [-0.25, -0.2) is 0 Å². The van der Waals surface area contributed by atoms with Crippen LogP contribution in [0.4, 0.5) is 0 Å². The fourth-order valence-corrected chi connectivity index (χ4v) is 1.89. The quantitative estimate of drug-likeness (QED) is 0.756. The first-order valence-corrected chi connectivity index (χ1v) is 5.56. The Balaban J connectivity index is 2.15. The summed E-state index contributed by atoms with van der Waals surface area (Å²) in [6.07, 6.45) is 3.18. The van der Waals surface area contributed by atoms with Gasteiger partial charge in [-0.3, -0.25) is 4.79 Å². The van der Waals surface area contributed by atoms with Crippen molar-refractivity contribution in [2.24, 2.45) is 0 Å². The standard InChI is InChI=1S/C13H16O2/c1-2-7-15-13-6-4-10-8-12(14)5-3-11(10)9-13/h4,6,9H,2-3,5,7-8H2,1H3. The summed E-state index contributed by atoms with van der Waals surface area (Å²) < 4.78 is 5.56. The van der Waals surface area contributed by atoms with Crippen LogP contribution in [-0.2, 0) is 17.6 Å². The van der Waals surface area contributed by atoms with E-state index in [0.29, 0.717) is 18.6 Å². The van der Waals surface area contributed by atoms with Crippen LogP contribution in [0, 0.1) is 0 Å². The number of carbonyl (C=O) groups is 1. The Morgan fingerprint density at radius 2 is 2.13 bits per heavy atom. The fraction of sp³-hybridized carbons (Fsp3) is 0.462. The number of ether oxygens (including phenoxy) is 1. The van der Waals surface area contributed by atoms with Gasteiger partial charge in [0.05, 0.1) is 6.61 Å². The van der Waals surface area contributed by atoms with E-state index in [-0.39, 0.29) is 0 Å². The topological polar surface area (TPSA) is 26.3 Å². The van der Waals surface area contributed by atoms with Gasteiger partial charge in [-0.05, 0) is 36.1 Å². The maximum Gasteiger partial charge on any atom is 0.137 e. The van der Waals surface area contributed by atoms with Crippen LogP contribution in [0.3, 0.4) is 0 Å². The summed E-state index contributed by atoms with van der Waals surface area (Å²) in [5, 5.41) is 0. The molecule has 0 heterocycles. The van der Waals surface area contributed by atoms with E-state index < -0.39 is 0 Å². The Hall–Kier alpha value is -1.31. The molecule has 0 radical (unpaired) electrons. The second kappa shape index (κ2) is 4.47. The van der Waals surface area contributed by atoms with Gasteiger partial charge in [-0.15, -0.1) is 0 Å². The lowest BCUT2D eigenvalue weighted by molar-refractivity contribution is -0.118. The van der Waals surface area contributed by atoms with Crippen molar-refractivity contribution in [1.29, 1.82) is 0 Å². The summed E-state index contributed by atoms with van der Waals surface area (Å²) >= 11 is 0. The van der Waals surface area contributed by atoms with Crippen molar-refractivity contribution in [2.75, 3.05) is 6.61 Å². The third-order valence-corrected chi connectivity index (χ3v) is 2.71. The van der Waals surface area contributed by atoms with E-state index in [4.69, 9.17) is 4.74 Å². The summed E-state index contributed by atoms with van der Waals surface area (Å²) in [4.78, 5) is 11.3. The molecule has 0 fully saturated rings. The number of ketones is 1. The van der Waals surface area contributed by atoms with Crippen molar-refractivity contribution < 1.29 is 9.53 Å². The first-order chi connectivity index (χ1) is 7.29. The van der Waals surface area contributed by atoms with Crippen molar-refractivity contribution >= 4 is 5.78 Å². The van der Waals surface area contributed by atoms with Gasteiger partial charge in [0.1, 0.15) is 11.5 Å². The van der Waals surface area contributed by atoms with E-state index in [1.165, 1.54) is 11.1 Å². The molecule has 1 aliphatic carbocycles. The number of fused-ring (bicyclic) bond motifs is 1. The van der Waals surface area contributed by atoms with Crippen LogP contribution in [0.1, 0.15) is 30.9 Å². The highest BCUT2D eigenvalue weighted by Crippen LogP contribution is 2.24. The molecule has 0 aliphatic heterocycles. The number of Topliss-reactive ketones (excluding diaryl/α,β-unsaturated/α-hetero) is 1. The molecule has 0 amide bonds. The number of carbonyl (C=O) groups excluding carboxylic acids is 1. The Morgan fingerprint density at radius 3 is 2.93 bits per heavy atom. The zero-order valence-electron chi connectivity index (χ0n) is 9.08. The zero-order valence-corrected chi connectivity index (χ0v) is 9.08. The normalized spacial score (nSPS) is 14.9. The molecule has 0 saturated heterocycles. The minimum absolute atomic E-state index is 0.352. The van der Waals surface area contributed by atoms with Gasteiger partial charge in [-0.2, -0.15) is 0 Å². The highest BCUT2D eigenvalue weighted by molar-refractivity contribution is 5.83. The second-order valence-corrected chi connectivity index (χ2v) is 3.99. The summed E-state index contributed by atoms with van der Waals surface area (Å²) in [6.45, 7) is 2.86. The molecule has 0 aromatic heterocycles. The van der Waals surface area contributed by atoms with Crippen molar-refractivity contribution in [2.45, 2.75) is 32.6 Å². The van der Waals surface area contributed by atoms with E-state index in [9.17, 15) is 4.79 Å². The van der Waals surface area contributed by atoms with Gasteiger partial charge < -0.3 is 4.74 Å². The predicted octanol–water partition coefficient (Wildman–Crippen LogP) is 2.53. The molecule has 2 heteroatoms. The molecule has 1 aromatic carbocycles. The van der Waals surface area contributed by atoms with Crippen molar-refractivity contribution in [1.82, 2.24) is 0 Å². The molecule has 0 N–H and O–H groups in total. The van der Waals surface area contributed by atoms with Crippen LogP contribution < -0.4 is 4.74 Å². The van der Waals surface area contributed by atoms with Gasteiger partial charge in [0, 0.05) is 12.8 Å². The molecule has 0 bridgehead atoms. The summed E-state index contributed by atoms with van der Waals surface area (Å²) in [5.74, 6) is 1.29. The first-order valence-electron chi connectivity index (χ1n) is 5.56. The number of benzene rings is 1. The van der Waals surface area contributed by atoms with E-state index in [1.807, 2.05) is 12.1 Å². The van der Waals surface area contributed by atoms with Crippen LogP contribution in [-0.4, -0.2) is 12.4 Å². The SMILES string of the molecule is CCCOc1ccc2c(c1)CCC(=O)C2. The lowest BCUT2D eigenvalue weighted by Gasteiger charge is -2.16. The van der Waals surface area contributed by atoms with E-state index in [1.54, 1.807) is 0 Å². The summed E-state index contributed by atoms with van der Waals surface area (Å²) in [6, 6.07) is 6.07. The third-order valence-electron chi connectivity index (χ3n) is 2.71. The monoisotopic (exact) mass is 204 g/mol. The predicted molar refractivity (Wildman–Crippen MR) is 59.3 cm³/mol. The average molecular weight is 204 g/mol. The summed E-state index contributed by atoms with van der Waals surface area (Å²) in [7, 11) is 0. The molecule has 80 valence electrons. The molecule has 15 heavy (non-hydrogen) atoms. The number of rotatable bonds is 3. The molecule has 1 aliphatic rings. The third kappa shape index (κ3) is 2.38. The largest absolute Gasteiger partial charge is 0.494 e. The lowest BCUT2D eigenvalue weighted by atomic mass is 9.91. The molecule has 0 spiro atoms. The van der Waals surface area contributed by atoms with Gasteiger partial charge in [0.2, 0.25) is 0 Å². The van der Waals surface area contributed by atoms with Crippen LogP contribution >= 0.6 is 0 Å². The molecular formula is C13H16O2. The molecule has 0 unspecified atom stereocenters. The zero-order chi connectivity index (χ0) is 10.7. The van der Waals surface area contributed by atoms with Gasteiger partial charge in [-0.1, -0.05) is 13.0 Å². The first kappa shape index (κ1) is 10.2. The number of aryl methyl sites for hydroxylation is 1. The van der Waals surface area contributed by atoms with Crippen molar-refractivity contribution in [3.8, 4) is 5.75 Å². The van der Waals surface area contributed by atoms with Crippen molar-refractivity contribution in [3.63, 3.8) is 0 Å². The average Bonchev–Trinajstić information content (AvgIpc) is 2.26. The van der Waals surface area contributed by atoms with Gasteiger partial charge in [0.15, 0.2) is 0 Å². The van der Waals surface area contributed by atoms with Crippen LogP contribution in [0.5, 0.6) is 5.75 Å². The lowest BCUT2D eigenvalue weighted by Crippen LogP contribution is -2.13. The molecule has 2 nitrogen and oxygen atoms in total. The Labute approximate surface area is 90.3 Å². The van der Waals surface area contributed by atoms with E-state index >= 15 is 0 Å². The molecule has 0 saturated carbocycles. The van der Waals surface area contributed by atoms with Crippen LogP contribution in [0.2, 0.25) is 0 Å². The minimum Gasteiger partial charge on any atom is -0.494 e. The molecule has 0 atom stereocenters. The molecule has 1 aromatic rings. The number of hydrogen-bond acceptors (Lipinski definition) is 2. The molecular weight excluding hydrogens is 188 g/mol. The maximum absolute atomic E-state index is 11.3. The van der Waals surface area contributed by atoms with Gasteiger partial charge >= 0.3 is 0 Å².